The second kappa shape index (κ2) is 5.78. The number of aryl methyl sites for hydroxylation is 2. The summed E-state index contributed by atoms with van der Waals surface area (Å²) in [5.74, 6) is 0.0172. The molecule has 0 aliphatic rings. The lowest BCUT2D eigenvalue weighted by atomic mass is 10.1. The van der Waals surface area contributed by atoms with Gasteiger partial charge >= 0.3 is 0 Å². The normalized spacial score (nSPS) is 10.3. The lowest BCUT2D eigenvalue weighted by Crippen LogP contribution is -2.25. The lowest BCUT2D eigenvalue weighted by Gasteiger charge is -2.07. The average molecular weight is 260 g/mol. The van der Waals surface area contributed by atoms with Gasteiger partial charge < -0.3 is 5.32 Å². The van der Waals surface area contributed by atoms with E-state index in [2.05, 4.69) is 10.3 Å². The zero-order valence-electron chi connectivity index (χ0n) is 10.6. The van der Waals surface area contributed by atoms with Crippen LogP contribution in [0.2, 0.25) is 0 Å². The number of hydrogen-bond acceptors (Lipinski definition) is 3. The highest BCUT2D eigenvalue weighted by Crippen LogP contribution is 2.09. The molecular weight excluding hydrogens is 244 g/mol. The summed E-state index contributed by atoms with van der Waals surface area (Å²) in [4.78, 5) is 16.0. The van der Waals surface area contributed by atoms with Crippen molar-refractivity contribution < 1.29 is 4.79 Å². The molecule has 0 fully saturated rings. The summed E-state index contributed by atoms with van der Waals surface area (Å²) in [5.41, 5.74) is 3.20. The minimum atomic E-state index is 0.0172. The third-order valence-corrected chi connectivity index (χ3v) is 3.57. The summed E-state index contributed by atoms with van der Waals surface area (Å²) in [5, 5.41) is 5.85. The van der Waals surface area contributed by atoms with Gasteiger partial charge in [0.15, 0.2) is 0 Å². The first-order valence-corrected chi connectivity index (χ1v) is 6.75. The molecule has 1 aromatic carbocycles. The molecule has 1 aromatic heterocycles. The van der Waals surface area contributed by atoms with Gasteiger partial charge in [0.2, 0.25) is 5.91 Å². The van der Waals surface area contributed by atoms with E-state index < -0.39 is 0 Å². The van der Waals surface area contributed by atoms with E-state index >= 15 is 0 Å². The quantitative estimate of drug-likeness (QED) is 0.918. The molecule has 0 aliphatic carbocycles. The van der Waals surface area contributed by atoms with Crippen molar-refractivity contribution in [1.29, 1.82) is 0 Å². The predicted octanol–water partition coefficient (Wildman–Crippen LogP) is 2.62. The zero-order chi connectivity index (χ0) is 13.0. The van der Waals surface area contributed by atoms with Crippen LogP contribution in [-0.4, -0.2) is 10.9 Å². The standard InChI is InChI=1S/C14H16N2OS/c1-10-5-3-4-6-12(10)8-15-14(17)7-13-9-18-11(2)16-13/h3-6,9H,7-8H2,1-2H3,(H,15,17). The number of hydrogen-bond donors (Lipinski definition) is 1. The number of carbonyl (C=O) groups excluding carboxylic acids is 1. The molecule has 1 N–H and O–H groups in total. The van der Waals surface area contributed by atoms with Crippen molar-refractivity contribution in [3.05, 3.63) is 51.5 Å². The first-order chi connectivity index (χ1) is 8.65. The van der Waals surface area contributed by atoms with Gasteiger partial charge in [-0.3, -0.25) is 4.79 Å². The van der Waals surface area contributed by atoms with Gasteiger partial charge in [-0.15, -0.1) is 11.3 Å². The average Bonchev–Trinajstić information content (AvgIpc) is 2.74. The third kappa shape index (κ3) is 3.40. The fourth-order valence-corrected chi connectivity index (χ4v) is 2.33. The van der Waals surface area contributed by atoms with Gasteiger partial charge in [-0.25, -0.2) is 4.98 Å². The van der Waals surface area contributed by atoms with E-state index in [0.29, 0.717) is 13.0 Å². The van der Waals surface area contributed by atoms with E-state index in [1.54, 1.807) is 11.3 Å². The lowest BCUT2D eigenvalue weighted by molar-refractivity contribution is -0.120. The van der Waals surface area contributed by atoms with Crippen LogP contribution >= 0.6 is 11.3 Å². The number of benzene rings is 1. The summed E-state index contributed by atoms with van der Waals surface area (Å²) in [7, 11) is 0. The summed E-state index contributed by atoms with van der Waals surface area (Å²) in [6, 6.07) is 8.06. The molecule has 0 spiro atoms. The van der Waals surface area contributed by atoms with Crippen LogP contribution in [0.1, 0.15) is 21.8 Å². The van der Waals surface area contributed by atoms with Crippen molar-refractivity contribution in [3.63, 3.8) is 0 Å². The fraction of sp³-hybridized carbons (Fsp3) is 0.286. The van der Waals surface area contributed by atoms with E-state index in [-0.39, 0.29) is 5.91 Å². The van der Waals surface area contributed by atoms with E-state index in [0.717, 1.165) is 16.3 Å². The van der Waals surface area contributed by atoms with Gasteiger partial charge in [-0.05, 0) is 25.0 Å². The van der Waals surface area contributed by atoms with Crippen molar-refractivity contribution >= 4 is 17.2 Å². The van der Waals surface area contributed by atoms with Crippen LogP contribution in [0.5, 0.6) is 0 Å². The first kappa shape index (κ1) is 12.8. The highest BCUT2D eigenvalue weighted by molar-refractivity contribution is 7.09. The topological polar surface area (TPSA) is 42.0 Å². The van der Waals surface area contributed by atoms with Crippen LogP contribution in [0.25, 0.3) is 0 Å². The molecular formula is C14H16N2OS. The summed E-state index contributed by atoms with van der Waals surface area (Å²) >= 11 is 1.57. The van der Waals surface area contributed by atoms with Crippen LogP contribution in [0.3, 0.4) is 0 Å². The Kier molecular flexibility index (Phi) is 4.10. The molecule has 4 heteroatoms. The molecule has 0 saturated heterocycles. The van der Waals surface area contributed by atoms with Gasteiger partial charge in [-0.1, -0.05) is 24.3 Å². The molecule has 0 atom stereocenters. The maximum Gasteiger partial charge on any atom is 0.226 e. The predicted molar refractivity (Wildman–Crippen MR) is 73.6 cm³/mol. The first-order valence-electron chi connectivity index (χ1n) is 5.87. The Hall–Kier alpha value is -1.68. The molecule has 2 rings (SSSR count). The monoisotopic (exact) mass is 260 g/mol. The second-order valence-corrected chi connectivity index (χ2v) is 5.30. The number of thiazole rings is 1. The van der Waals surface area contributed by atoms with Gasteiger partial charge in [0.05, 0.1) is 17.1 Å². The molecule has 1 amide bonds. The van der Waals surface area contributed by atoms with Crippen molar-refractivity contribution in [1.82, 2.24) is 10.3 Å². The molecule has 0 aliphatic heterocycles. The van der Waals surface area contributed by atoms with E-state index in [1.165, 1.54) is 5.56 Å². The molecule has 0 saturated carbocycles. The van der Waals surface area contributed by atoms with Gasteiger partial charge in [0.25, 0.3) is 0 Å². The molecule has 18 heavy (non-hydrogen) atoms. The van der Waals surface area contributed by atoms with Crippen LogP contribution in [0.4, 0.5) is 0 Å². The van der Waals surface area contributed by atoms with E-state index in [9.17, 15) is 4.79 Å². The number of aromatic nitrogens is 1. The number of nitrogens with zero attached hydrogens (tertiary/aromatic N) is 1. The summed E-state index contributed by atoms with van der Waals surface area (Å²) in [6.07, 6.45) is 0.357. The second-order valence-electron chi connectivity index (χ2n) is 4.24. The SMILES string of the molecule is Cc1nc(CC(=O)NCc2ccccc2C)cs1. The van der Waals surface area contributed by atoms with E-state index in [1.807, 2.05) is 43.5 Å². The van der Waals surface area contributed by atoms with Gasteiger partial charge in [-0.2, -0.15) is 0 Å². The summed E-state index contributed by atoms with van der Waals surface area (Å²) < 4.78 is 0. The maximum atomic E-state index is 11.8. The Balaban J connectivity index is 1.87. The summed E-state index contributed by atoms with van der Waals surface area (Å²) in [6.45, 7) is 4.57. The largest absolute Gasteiger partial charge is 0.352 e. The molecule has 3 nitrogen and oxygen atoms in total. The van der Waals surface area contributed by atoms with Gasteiger partial charge in [0, 0.05) is 11.9 Å². The Labute approximate surface area is 111 Å². The van der Waals surface area contributed by atoms with E-state index in [4.69, 9.17) is 0 Å². The molecule has 2 aromatic rings. The van der Waals surface area contributed by atoms with Gasteiger partial charge in [0.1, 0.15) is 0 Å². The molecule has 0 unspecified atom stereocenters. The van der Waals surface area contributed by atoms with Crippen LogP contribution < -0.4 is 5.32 Å². The highest BCUT2D eigenvalue weighted by atomic mass is 32.1. The number of rotatable bonds is 4. The fourth-order valence-electron chi connectivity index (χ4n) is 1.72. The third-order valence-electron chi connectivity index (χ3n) is 2.75. The smallest absolute Gasteiger partial charge is 0.226 e. The van der Waals surface area contributed by atoms with Crippen LogP contribution in [0.15, 0.2) is 29.6 Å². The van der Waals surface area contributed by atoms with Crippen molar-refractivity contribution in [2.24, 2.45) is 0 Å². The Morgan fingerprint density at radius 3 is 2.78 bits per heavy atom. The Morgan fingerprint density at radius 1 is 1.33 bits per heavy atom. The van der Waals surface area contributed by atoms with Crippen LogP contribution in [-0.2, 0) is 17.8 Å². The van der Waals surface area contributed by atoms with Crippen molar-refractivity contribution in [3.8, 4) is 0 Å². The number of nitrogens with one attached hydrogen (secondary N) is 1. The van der Waals surface area contributed by atoms with Crippen molar-refractivity contribution in [2.75, 3.05) is 0 Å². The Bertz CT molecular complexity index is 548. The maximum absolute atomic E-state index is 11.8. The molecule has 0 bridgehead atoms. The number of carbonyl (C=O) groups is 1. The zero-order valence-corrected chi connectivity index (χ0v) is 11.4. The van der Waals surface area contributed by atoms with Crippen LogP contribution in [0, 0.1) is 13.8 Å². The minimum Gasteiger partial charge on any atom is -0.352 e. The highest BCUT2D eigenvalue weighted by Gasteiger charge is 2.06. The molecule has 94 valence electrons. The minimum absolute atomic E-state index is 0.0172. The molecule has 0 radical (unpaired) electrons. The number of amides is 1. The molecule has 1 heterocycles. The Morgan fingerprint density at radius 2 is 2.11 bits per heavy atom. The van der Waals surface area contributed by atoms with Crippen molar-refractivity contribution in [2.45, 2.75) is 26.8 Å².